The number of hydrogen-bond donors (Lipinski definition) is 2. The number of unbranched alkanes of at least 4 members (excludes halogenated alkanes) is 2. The van der Waals surface area contributed by atoms with E-state index in [0.29, 0.717) is 6.42 Å². The SMILES string of the molecule is CC1(C)C(=CC=CC=CC2=[N+](CCCCCC(=O)O)c3ccccc3C2(C)C)N(c2ccccc2)c2ccc(S(=O)(=O)O)cc21. The summed E-state index contributed by atoms with van der Waals surface area (Å²) in [4.78, 5) is 13.0. The lowest BCUT2D eigenvalue weighted by Crippen LogP contribution is -2.27. The van der Waals surface area contributed by atoms with E-state index in [9.17, 15) is 17.8 Å². The number of allylic oxidation sites excluding steroid dienone is 6. The van der Waals surface area contributed by atoms with Crippen LogP contribution in [-0.2, 0) is 25.7 Å². The number of fused-ring (bicyclic) bond motifs is 2. The lowest BCUT2D eigenvalue weighted by molar-refractivity contribution is -0.438. The second-order valence-electron chi connectivity index (χ2n) is 12.6. The molecule has 2 heterocycles. The molecule has 0 aromatic heterocycles. The number of anilines is 2. The van der Waals surface area contributed by atoms with E-state index in [4.69, 9.17) is 5.11 Å². The number of aliphatic carboxylic acids is 1. The van der Waals surface area contributed by atoms with E-state index in [2.05, 4.69) is 79.7 Å². The van der Waals surface area contributed by atoms with Gasteiger partial charge in [-0.15, -0.1) is 0 Å². The Labute approximate surface area is 266 Å². The van der Waals surface area contributed by atoms with Gasteiger partial charge >= 0.3 is 5.97 Å². The second kappa shape index (κ2) is 12.6. The minimum atomic E-state index is -4.34. The number of rotatable bonds is 11. The first-order chi connectivity index (χ1) is 21.3. The zero-order chi connectivity index (χ0) is 32.4. The van der Waals surface area contributed by atoms with Crippen LogP contribution < -0.4 is 4.90 Å². The van der Waals surface area contributed by atoms with Gasteiger partial charge in [0, 0.05) is 47.3 Å². The lowest BCUT2D eigenvalue weighted by atomic mass is 9.81. The molecule has 8 heteroatoms. The summed E-state index contributed by atoms with van der Waals surface area (Å²) in [6.07, 6.45) is 12.9. The summed E-state index contributed by atoms with van der Waals surface area (Å²) < 4.78 is 36.0. The maximum atomic E-state index is 12.0. The summed E-state index contributed by atoms with van der Waals surface area (Å²) >= 11 is 0. The topological polar surface area (TPSA) is 97.9 Å². The molecule has 2 aliphatic rings. The Balaban J connectivity index is 1.46. The van der Waals surface area contributed by atoms with Crippen LogP contribution in [0.1, 0.15) is 64.5 Å². The fourth-order valence-electron chi connectivity index (χ4n) is 6.52. The molecule has 234 valence electrons. The van der Waals surface area contributed by atoms with Crippen molar-refractivity contribution in [1.82, 2.24) is 0 Å². The third kappa shape index (κ3) is 6.44. The molecule has 45 heavy (non-hydrogen) atoms. The minimum absolute atomic E-state index is 0.120. The molecule has 2 aliphatic heterocycles. The highest BCUT2D eigenvalue weighted by atomic mass is 32.2. The van der Waals surface area contributed by atoms with Crippen LogP contribution >= 0.6 is 0 Å². The number of carbonyl (C=O) groups is 1. The normalized spacial score (nSPS) is 17.9. The first-order valence-electron chi connectivity index (χ1n) is 15.3. The van der Waals surface area contributed by atoms with Crippen molar-refractivity contribution in [2.24, 2.45) is 0 Å². The van der Waals surface area contributed by atoms with Crippen molar-refractivity contribution >= 4 is 38.9 Å². The average Bonchev–Trinajstić information content (AvgIpc) is 3.35. The van der Waals surface area contributed by atoms with Crippen molar-refractivity contribution in [3.63, 3.8) is 0 Å². The van der Waals surface area contributed by atoms with Gasteiger partial charge in [0.25, 0.3) is 10.1 Å². The molecule has 3 aromatic carbocycles. The molecule has 0 atom stereocenters. The summed E-state index contributed by atoms with van der Waals surface area (Å²) in [6, 6.07) is 23.2. The minimum Gasteiger partial charge on any atom is -0.481 e. The Morgan fingerprint density at radius 1 is 0.844 bits per heavy atom. The van der Waals surface area contributed by atoms with Crippen molar-refractivity contribution in [1.29, 1.82) is 0 Å². The van der Waals surface area contributed by atoms with Crippen LogP contribution in [0.15, 0.2) is 114 Å². The third-order valence-corrected chi connectivity index (χ3v) is 9.73. The van der Waals surface area contributed by atoms with Gasteiger partial charge in [-0.1, -0.05) is 68.5 Å². The molecule has 3 aromatic rings. The lowest BCUT2D eigenvalue weighted by Gasteiger charge is -2.27. The van der Waals surface area contributed by atoms with Gasteiger partial charge < -0.3 is 10.0 Å². The van der Waals surface area contributed by atoms with Crippen LogP contribution in [0.2, 0.25) is 0 Å². The molecule has 0 spiro atoms. The highest BCUT2D eigenvalue weighted by Crippen LogP contribution is 2.51. The quantitative estimate of drug-likeness (QED) is 0.0968. The van der Waals surface area contributed by atoms with E-state index < -0.39 is 21.5 Å². The van der Waals surface area contributed by atoms with Gasteiger partial charge in [-0.05, 0) is 68.7 Å². The molecule has 0 saturated carbocycles. The van der Waals surface area contributed by atoms with Crippen LogP contribution in [0.25, 0.3) is 0 Å². The first kappa shape index (κ1) is 32.1. The molecule has 0 amide bonds. The predicted molar refractivity (Wildman–Crippen MR) is 180 cm³/mol. The summed E-state index contributed by atoms with van der Waals surface area (Å²) in [6.45, 7) is 9.40. The van der Waals surface area contributed by atoms with Crippen LogP contribution in [0.5, 0.6) is 0 Å². The summed E-state index contributed by atoms with van der Waals surface area (Å²) in [5.41, 5.74) is 6.55. The zero-order valence-electron chi connectivity index (χ0n) is 26.3. The fourth-order valence-corrected chi connectivity index (χ4v) is 7.03. The smallest absolute Gasteiger partial charge is 0.303 e. The maximum absolute atomic E-state index is 12.0. The van der Waals surface area contributed by atoms with E-state index in [0.717, 1.165) is 42.0 Å². The highest BCUT2D eigenvalue weighted by Gasteiger charge is 2.44. The van der Waals surface area contributed by atoms with Gasteiger partial charge in [-0.3, -0.25) is 9.35 Å². The summed E-state index contributed by atoms with van der Waals surface area (Å²) in [5.74, 6) is -0.751. The molecule has 0 unspecified atom stereocenters. The molecule has 7 nitrogen and oxygen atoms in total. The van der Waals surface area contributed by atoms with Crippen LogP contribution in [-0.4, -0.2) is 40.9 Å². The van der Waals surface area contributed by atoms with Crippen molar-refractivity contribution in [3.8, 4) is 0 Å². The molecular formula is C37H41N2O5S+. The van der Waals surface area contributed by atoms with E-state index in [-0.39, 0.29) is 16.7 Å². The molecule has 0 aliphatic carbocycles. The highest BCUT2D eigenvalue weighted by molar-refractivity contribution is 7.85. The number of carboxylic acid groups (broad SMARTS) is 1. The molecule has 0 bridgehead atoms. The number of carboxylic acids is 1. The maximum Gasteiger partial charge on any atom is 0.303 e. The van der Waals surface area contributed by atoms with Gasteiger partial charge in [-0.2, -0.15) is 13.0 Å². The Morgan fingerprint density at radius 3 is 2.27 bits per heavy atom. The molecule has 0 saturated heterocycles. The van der Waals surface area contributed by atoms with Crippen molar-refractivity contribution in [2.75, 3.05) is 11.4 Å². The Kier molecular flexibility index (Phi) is 9.01. The molecule has 5 rings (SSSR count). The predicted octanol–water partition coefficient (Wildman–Crippen LogP) is 8.08. The Morgan fingerprint density at radius 2 is 1.56 bits per heavy atom. The monoisotopic (exact) mass is 625 g/mol. The Hall–Kier alpha value is -4.27. The Bertz CT molecular complexity index is 1830. The number of hydrogen-bond acceptors (Lipinski definition) is 4. The van der Waals surface area contributed by atoms with Gasteiger partial charge in [0.05, 0.1) is 16.0 Å². The van der Waals surface area contributed by atoms with E-state index in [1.54, 1.807) is 12.1 Å². The zero-order valence-corrected chi connectivity index (χ0v) is 27.1. The van der Waals surface area contributed by atoms with Crippen LogP contribution in [0.3, 0.4) is 0 Å². The number of para-hydroxylation sites is 2. The van der Waals surface area contributed by atoms with Crippen LogP contribution in [0.4, 0.5) is 17.1 Å². The standard InChI is InChI=1S/C37H40N2O5S/c1-36(2)29-18-13-14-19-31(29)38(25-15-7-12-22-35(40)41)33(36)20-10-6-11-21-34-37(3,4)30-26-28(45(42,43)44)23-24-32(30)39(34)27-16-8-5-9-17-27/h5-6,8-11,13-14,16-21,23-24,26H,7,12,15,22,25H2,1-4H3,(H-,40,41,42,43,44)/p+1. The van der Waals surface area contributed by atoms with E-state index in [1.165, 1.54) is 23.0 Å². The molecular weight excluding hydrogens is 584 g/mol. The van der Waals surface area contributed by atoms with E-state index >= 15 is 0 Å². The van der Waals surface area contributed by atoms with Crippen molar-refractivity contribution in [2.45, 2.75) is 69.1 Å². The van der Waals surface area contributed by atoms with Gasteiger partial charge in [0.1, 0.15) is 6.54 Å². The largest absolute Gasteiger partial charge is 0.481 e. The first-order valence-corrected chi connectivity index (χ1v) is 16.8. The number of nitrogens with zero attached hydrogens (tertiary/aromatic N) is 2. The average molecular weight is 626 g/mol. The third-order valence-electron chi connectivity index (χ3n) is 8.88. The fraction of sp³-hybridized carbons (Fsp3) is 0.297. The van der Waals surface area contributed by atoms with Crippen molar-refractivity contribution < 1.29 is 27.4 Å². The second-order valence-corrected chi connectivity index (χ2v) is 14.1. The molecule has 0 fully saturated rings. The van der Waals surface area contributed by atoms with Gasteiger partial charge in [0.2, 0.25) is 5.69 Å². The molecule has 0 radical (unpaired) electrons. The van der Waals surface area contributed by atoms with Crippen molar-refractivity contribution in [3.05, 3.63) is 120 Å². The van der Waals surface area contributed by atoms with E-state index in [1.807, 2.05) is 42.5 Å². The summed E-state index contributed by atoms with van der Waals surface area (Å²) in [5, 5.41) is 8.99. The van der Waals surface area contributed by atoms with Gasteiger partial charge in [-0.25, -0.2) is 0 Å². The van der Waals surface area contributed by atoms with Crippen LogP contribution in [0, 0.1) is 0 Å². The molecule has 2 N–H and O–H groups in total. The van der Waals surface area contributed by atoms with Gasteiger partial charge in [0.15, 0.2) is 5.71 Å². The number of benzene rings is 3. The summed E-state index contributed by atoms with van der Waals surface area (Å²) in [7, 11) is -4.34.